The van der Waals surface area contributed by atoms with Gasteiger partial charge in [0.1, 0.15) is 5.75 Å². The number of phenolic OH excluding ortho intramolecular Hbond substituents is 1. The molecule has 3 aromatic carbocycles. The van der Waals surface area contributed by atoms with Gasteiger partial charge in [0.05, 0.1) is 12.1 Å². The summed E-state index contributed by atoms with van der Waals surface area (Å²) in [6.07, 6.45) is 1.17. The van der Waals surface area contributed by atoms with Gasteiger partial charge in [0.15, 0.2) is 5.78 Å². The van der Waals surface area contributed by atoms with E-state index < -0.39 is 35.8 Å². The Morgan fingerprint density at radius 3 is 1.90 bits per heavy atom. The zero-order valence-electron chi connectivity index (χ0n) is 23.4. The molecule has 1 aliphatic rings. The summed E-state index contributed by atoms with van der Waals surface area (Å²) >= 11 is 0. The first kappa shape index (κ1) is 30.3. The Balaban J connectivity index is 1.46. The number of aromatic hydroxyl groups is 1. The number of rotatable bonds is 12. The lowest BCUT2D eigenvalue weighted by molar-refractivity contribution is -0.141. The number of hydrogen-bond donors (Lipinski definition) is 4. The Bertz CT molecular complexity index is 1370. The van der Waals surface area contributed by atoms with Crippen LogP contribution >= 0.6 is 0 Å². The van der Waals surface area contributed by atoms with Crippen LogP contribution in [0.15, 0.2) is 84.9 Å². The molecule has 6 N–H and O–H groups in total. The normalized spacial score (nSPS) is 15.1. The number of primary amides is 1. The van der Waals surface area contributed by atoms with E-state index in [1.165, 1.54) is 22.2 Å². The number of ketones is 1. The maximum atomic E-state index is 13.6. The molecule has 0 bridgehead atoms. The van der Waals surface area contributed by atoms with Gasteiger partial charge in [-0.1, -0.05) is 72.8 Å². The molecular weight excluding hydrogens is 534 g/mol. The smallest absolute Gasteiger partial charge is 0.336 e. The summed E-state index contributed by atoms with van der Waals surface area (Å²) in [6.45, 7) is 0.599. The lowest BCUT2D eigenvalue weighted by atomic mass is 9.90. The molecule has 10 nitrogen and oxygen atoms in total. The Labute approximate surface area is 245 Å². The Morgan fingerprint density at radius 1 is 0.762 bits per heavy atom. The first-order chi connectivity index (χ1) is 20.2. The van der Waals surface area contributed by atoms with Crippen molar-refractivity contribution in [2.24, 2.45) is 17.4 Å². The van der Waals surface area contributed by atoms with Crippen molar-refractivity contribution >= 4 is 23.6 Å². The fourth-order valence-corrected chi connectivity index (χ4v) is 5.09. The highest BCUT2D eigenvalue weighted by Gasteiger charge is 2.35. The van der Waals surface area contributed by atoms with Gasteiger partial charge in [0.25, 0.3) is 5.91 Å². The number of nitrogens with one attached hydrogen (secondary N) is 1. The van der Waals surface area contributed by atoms with Crippen LogP contribution in [0, 0.1) is 5.92 Å². The number of nitrogens with zero attached hydrogens (tertiary/aromatic N) is 2. The molecule has 4 rings (SSSR count). The number of phenols is 1. The van der Waals surface area contributed by atoms with Crippen molar-refractivity contribution in [1.29, 1.82) is 0 Å². The Kier molecular flexibility index (Phi) is 10.3. The highest BCUT2D eigenvalue weighted by atomic mass is 16.3. The zero-order chi connectivity index (χ0) is 30.1. The van der Waals surface area contributed by atoms with Crippen LogP contribution in [-0.2, 0) is 33.6 Å². The summed E-state index contributed by atoms with van der Waals surface area (Å²) in [5.74, 6) is -1.96. The van der Waals surface area contributed by atoms with E-state index in [9.17, 15) is 24.3 Å². The van der Waals surface area contributed by atoms with Crippen molar-refractivity contribution in [1.82, 2.24) is 15.3 Å². The summed E-state index contributed by atoms with van der Waals surface area (Å²) in [4.78, 5) is 52.6. The molecule has 0 spiro atoms. The first-order valence-electron chi connectivity index (χ1n) is 14.0. The molecule has 1 heterocycles. The van der Waals surface area contributed by atoms with Gasteiger partial charge < -0.3 is 21.9 Å². The van der Waals surface area contributed by atoms with E-state index in [-0.39, 0.29) is 37.3 Å². The minimum atomic E-state index is -0.944. The van der Waals surface area contributed by atoms with Crippen molar-refractivity contribution in [3.63, 3.8) is 0 Å². The number of carbonyl (C=O) groups excluding carboxylic acids is 4. The minimum Gasteiger partial charge on any atom is -0.508 e. The van der Waals surface area contributed by atoms with Crippen molar-refractivity contribution in [3.8, 4) is 5.75 Å². The van der Waals surface area contributed by atoms with Crippen molar-refractivity contribution in [3.05, 3.63) is 102 Å². The maximum absolute atomic E-state index is 13.6. The van der Waals surface area contributed by atoms with E-state index >= 15 is 0 Å². The van der Waals surface area contributed by atoms with Crippen LogP contribution in [0.3, 0.4) is 0 Å². The molecule has 0 saturated carbocycles. The second-order valence-corrected chi connectivity index (χ2v) is 10.6. The van der Waals surface area contributed by atoms with Gasteiger partial charge in [-0.05, 0) is 54.5 Å². The molecule has 3 atom stereocenters. The largest absolute Gasteiger partial charge is 0.508 e. The zero-order valence-corrected chi connectivity index (χ0v) is 23.4. The van der Waals surface area contributed by atoms with E-state index in [2.05, 4.69) is 5.32 Å². The van der Waals surface area contributed by atoms with Gasteiger partial charge in [0.2, 0.25) is 5.91 Å². The average molecular weight is 572 g/mol. The predicted molar refractivity (Wildman–Crippen MR) is 158 cm³/mol. The van der Waals surface area contributed by atoms with E-state index in [1.54, 1.807) is 12.1 Å². The number of hydrazine groups is 1. The predicted octanol–water partition coefficient (Wildman–Crippen LogP) is 2.34. The third kappa shape index (κ3) is 8.17. The van der Waals surface area contributed by atoms with Crippen LogP contribution in [0.1, 0.15) is 29.5 Å². The van der Waals surface area contributed by atoms with Crippen molar-refractivity contribution in [2.45, 2.75) is 44.2 Å². The van der Waals surface area contributed by atoms with Crippen LogP contribution in [0.2, 0.25) is 0 Å². The van der Waals surface area contributed by atoms with Crippen LogP contribution in [0.25, 0.3) is 0 Å². The quantitative estimate of drug-likeness (QED) is 0.261. The van der Waals surface area contributed by atoms with Crippen molar-refractivity contribution < 1.29 is 24.3 Å². The van der Waals surface area contributed by atoms with Crippen molar-refractivity contribution in [2.75, 3.05) is 13.1 Å². The highest BCUT2D eigenvalue weighted by Crippen LogP contribution is 2.18. The van der Waals surface area contributed by atoms with Gasteiger partial charge in [-0.15, -0.1) is 0 Å². The third-order valence-corrected chi connectivity index (χ3v) is 7.37. The number of nitrogens with two attached hydrogens (primary N) is 2. The average Bonchev–Trinajstić information content (AvgIpc) is 3.48. The third-order valence-electron chi connectivity index (χ3n) is 7.37. The maximum Gasteiger partial charge on any atom is 0.336 e. The van der Waals surface area contributed by atoms with Gasteiger partial charge in [-0.3, -0.25) is 14.4 Å². The van der Waals surface area contributed by atoms with E-state index in [0.717, 1.165) is 16.7 Å². The lowest BCUT2D eigenvalue weighted by Crippen LogP contribution is -2.56. The van der Waals surface area contributed by atoms with Crippen LogP contribution in [-0.4, -0.2) is 63.9 Å². The molecular formula is C32H37N5O5. The second kappa shape index (κ2) is 14.3. The molecule has 3 aromatic rings. The van der Waals surface area contributed by atoms with Gasteiger partial charge in [-0.2, -0.15) is 0 Å². The fourth-order valence-electron chi connectivity index (χ4n) is 5.09. The van der Waals surface area contributed by atoms with Gasteiger partial charge >= 0.3 is 6.03 Å². The highest BCUT2D eigenvalue weighted by molar-refractivity contribution is 5.93. The molecule has 10 heteroatoms. The second-order valence-electron chi connectivity index (χ2n) is 10.6. The number of Topliss-reactive ketones (excluding diaryl/α,β-unsaturated/α-hetero) is 1. The monoisotopic (exact) mass is 571 g/mol. The molecule has 1 fully saturated rings. The number of carbonyl (C=O) groups is 4. The van der Waals surface area contributed by atoms with E-state index in [4.69, 9.17) is 11.5 Å². The Morgan fingerprint density at radius 2 is 1.31 bits per heavy atom. The Hall–Kier alpha value is -4.70. The van der Waals surface area contributed by atoms with E-state index in [1.807, 2.05) is 60.7 Å². The lowest BCUT2D eigenvalue weighted by Gasteiger charge is -2.31. The summed E-state index contributed by atoms with van der Waals surface area (Å²) in [5, 5.41) is 14.9. The molecule has 220 valence electrons. The summed E-state index contributed by atoms with van der Waals surface area (Å²) < 4.78 is 0. The molecule has 1 aliphatic heterocycles. The molecule has 0 aliphatic carbocycles. The first-order valence-corrected chi connectivity index (χ1v) is 14.0. The van der Waals surface area contributed by atoms with Crippen LogP contribution in [0.4, 0.5) is 4.79 Å². The molecule has 42 heavy (non-hydrogen) atoms. The number of hydrogen-bond acceptors (Lipinski definition) is 6. The molecule has 0 unspecified atom stereocenters. The minimum absolute atomic E-state index is 0.114. The number of amides is 4. The summed E-state index contributed by atoms with van der Waals surface area (Å²) in [5.41, 5.74) is 14.4. The standard InChI is InChI=1S/C32H37N5O5/c33-27(19-24-12-14-26(38)15-13-24)31(41)36-16-7-17-37(36)32(42)35-28(20-23-10-5-2-6-11-23)29(39)21-25(30(34)40)18-22-8-3-1-4-9-22/h1-6,8-15,25,27-28,38H,7,16-21,33H2,(H2,34,40)(H,35,42)/t25-,27-,28+/m1/s1. The molecule has 1 saturated heterocycles. The van der Waals surface area contributed by atoms with Crippen LogP contribution < -0.4 is 16.8 Å². The molecule has 0 radical (unpaired) electrons. The molecule has 0 aromatic heterocycles. The number of benzene rings is 3. The summed E-state index contributed by atoms with van der Waals surface area (Å²) in [6, 6.07) is 22.6. The van der Waals surface area contributed by atoms with Crippen LogP contribution in [0.5, 0.6) is 5.75 Å². The SMILES string of the molecule is NC(=O)[C@@H](CC(=O)[C@H](Cc1ccccc1)NC(=O)N1CCCN1C(=O)[C@H](N)Cc1ccc(O)cc1)Cc1ccccc1. The van der Waals surface area contributed by atoms with E-state index in [0.29, 0.717) is 19.4 Å². The molecule has 4 amide bonds. The van der Waals surface area contributed by atoms with Gasteiger partial charge in [0, 0.05) is 25.4 Å². The summed E-state index contributed by atoms with van der Waals surface area (Å²) in [7, 11) is 0. The number of urea groups is 1. The fraction of sp³-hybridized carbons (Fsp3) is 0.312. The topological polar surface area (TPSA) is 159 Å². The van der Waals surface area contributed by atoms with Gasteiger partial charge in [-0.25, -0.2) is 14.8 Å².